The van der Waals surface area contributed by atoms with E-state index in [0.717, 1.165) is 5.56 Å². The van der Waals surface area contributed by atoms with E-state index in [1.165, 1.54) is 33.5 Å². The maximum Gasteiger partial charge on any atom is 0.508 e. The van der Waals surface area contributed by atoms with Gasteiger partial charge in [-0.3, -0.25) is 13.8 Å². The van der Waals surface area contributed by atoms with Gasteiger partial charge in [-0.2, -0.15) is 0 Å². The van der Waals surface area contributed by atoms with Crippen molar-refractivity contribution in [3.8, 4) is 0 Å². The summed E-state index contributed by atoms with van der Waals surface area (Å²) in [6.07, 6.45) is 5.12. The number of aryl methyl sites for hydroxylation is 1. The van der Waals surface area contributed by atoms with Crippen molar-refractivity contribution in [3.63, 3.8) is 0 Å². The number of methoxy groups -OCH3 is 3. The number of hydrogen-bond donors (Lipinski definition) is 0. The molecule has 0 heterocycles. The number of benzene rings is 1. The molecule has 0 saturated heterocycles. The van der Waals surface area contributed by atoms with Gasteiger partial charge in [0.25, 0.3) is 0 Å². The number of carbonyl (C=O) groups is 3. The summed E-state index contributed by atoms with van der Waals surface area (Å²) in [5.74, 6) is -1.56. The number of ether oxygens (including phenoxy) is 4. The maximum atomic E-state index is 12.5. The van der Waals surface area contributed by atoms with Crippen molar-refractivity contribution in [1.82, 2.24) is 0 Å². The molecule has 0 radical (unpaired) electrons. The summed E-state index contributed by atoms with van der Waals surface area (Å²) in [5.41, 5.74) is -0.601. The van der Waals surface area contributed by atoms with Gasteiger partial charge in [-0.25, -0.2) is 9.00 Å². The van der Waals surface area contributed by atoms with Crippen molar-refractivity contribution >= 4 is 29.2 Å². The molecule has 0 fully saturated rings. The van der Waals surface area contributed by atoms with E-state index in [1.54, 1.807) is 24.3 Å². The molecule has 0 aliphatic heterocycles. The van der Waals surface area contributed by atoms with Crippen LogP contribution >= 0.6 is 0 Å². The van der Waals surface area contributed by atoms with Gasteiger partial charge in [0.1, 0.15) is 6.61 Å². The first-order chi connectivity index (χ1) is 15.3. The Hall–Kier alpha value is -2.98. The summed E-state index contributed by atoms with van der Waals surface area (Å²) in [6, 6.07) is 7.09. The third-order valence-corrected chi connectivity index (χ3v) is 5.37. The number of rotatable bonds is 12. The van der Waals surface area contributed by atoms with Gasteiger partial charge >= 0.3 is 18.1 Å². The van der Waals surface area contributed by atoms with Crippen molar-refractivity contribution < 1.29 is 41.7 Å². The van der Waals surface area contributed by atoms with E-state index in [-0.39, 0.29) is 26.1 Å². The minimum atomic E-state index is -1.65. The topological polar surface area (TPSA) is 114 Å². The fraction of sp³-hybridized carbons (Fsp3) is 0.409. The predicted octanol–water partition coefficient (Wildman–Crippen LogP) is 3.04. The number of hydrogen-bond acceptors (Lipinski definition) is 9. The van der Waals surface area contributed by atoms with Crippen LogP contribution in [0.4, 0.5) is 4.79 Å². The second-order valence-corrected chi connectivity index (χ2v) is 7.69. The summed E-state index contributed by atoms with van der Waals surface area (Å²) < 4.78 is 36.1. The molecule has 0 N–H and O–H groups in total. The van der Waals surface area contributed by atoms with Crippen LogP contribution in [0.2, 0.25) is 0 Å². The SMILES string of the molecule is COC(=O)OC/C=C\CC(C/C=C/COS(=O)c1ccc(C)cc1)(C(=O)OC)C(=O)OC. The number of allylic oxidation sites excluding steroid dienone is 2. The molecular formula is C22H28O9S. The first-order valence-electron chi connectivity index (χ1n) is 9.60. The minimum absolute atomic E-state index is 0.00171. The largest absolute Gasteiger partial charge is 0.508 e. The molecule has 0 saturated carbocycles. The normalized spacial score (nSPS) is 12.5. The molecule has 0 aliphatic rings. The average Bonchev–Trinajstić information content (AvgIpc) is 2.81. The lowest BCUT2D eigenvalue weighted by Gasteiger charge is -2.25. The molecule has 0 aromatic heterocycles. The molecule has 176 valence electrons. The molecule has 1 aromatic rings. The van der Waals surface area contributed by atoms with Crippen molar-refractivity contribution in [2.24, 2.45) is 5.41 Å². The highest BCUT2D eigenvalue weighted by Gasteiger charge is 2.46. The van der Waals surface area contributed by atoms with E-state index in [4.69, 9.17) is 18.4 Å². The third-order valence-electron chi connectivity index (χ3n) is 4.37. The molecule has 1 unspecified atom stereocenters. The molecule has 0 bridgehead atoms. The molecule has 32 heavy (non-hydrogen) atoms. The van der Waals surface area contributed by atoms with Gasteiger partial charge in [0.15, 0.2) is 16.5 Å². The van der Waals surface area contributed by atoms with Crippen LogP contribution in [0, 0.1) is 12.3 Å². The van der Waals surface area contributed by atoms with Crippen molar-refractivity contribution in [2.75, 3.05) is 34.5 Å². The van der Waals surface area contributed by atoms with Gasteiger partial charge in [0, 0.05) is 0 Å². The smallest absolute Gasteiger partial charge is 0.468 e. The van der Waals surface area contributed by atoms with Crippen LogP contribution in [0.25, 0.3) is 0 Å². The van der Waals surface area contributed by atoms with Crippen LogP contribution in [0.1, 0.15) is 18.4 Å². The van der Waals surface area contributed by atoms with Crippen LogP contribution in [-0.4, -0.2) is 56.8 Å². The van der Waals surface area contributed by atoms with Crippen LogP contribution < -0.4 is 0 Å². The average molecular weight is 469 g/mol. The number of carbonyl (C=O) groups excluding carboxylic acids is 3. The van der Waals surface area contributed by atoms with E-state index in [2.05, 4.69) is 4.74 Å². The van der Waals surface area contributed by atoms with Gasteiger partial charge in [-0.05, 0) is 31.9 Å². The molecule has 1 rings (SSSR count). The summed E-state index contributed by atoms with van der Waals surface area (Å²) in [5, 5.41) is 0. The van der Waals surface area contributed by atoms with Crippen molar-refractivity contribution in [2.45, 2.75) is 24.7 Å². The number of esters is 2. The summed E-state index contributed by atoms with van der Waals surface area (Å²) in [4.78, 5) is 36.4. The Morgan fingerprint density at radius 3 is 1.88 bits per heavy atom. The molecule has 9 nitrogen and oxygen atoms in total. The van der Waals surface area contributed by atoms with E-state index in [0.29, 0.717) is 4.90 Å². The van der Waals surface area contributed by atoms with Gasteiger partial charge in [-0.1, -0.05) is 42.0 Å². The predicted molar refractivity (Wildman–Crippen MR) is 116 cm³/mol. The fourth-order valence-corrected chi connectivity index (χ4v) is 3.29. The van der Waals surface area contributed by atoms with Crippen LogP contribution in [0.15, 0.2) is 53.5 Å². The van der Waals surface area contributed by atoms with Gasteiger partial charge < -0.3 is 18.9 Å². The highest BCUT2D eigenvalue weighted by molar-refractivity contribution is 7.80. The van der Waals surface area contributed by atoms with Crippen LogP contribution in [0.3, 0.4) is 0 Å². The Balaban J connectivity index is 2.79. The zero-order valence-corrected chi connectivity index (χ0v) is 19.3. The molecule has 0 amide bonds. The summed E-state index contributed by atoms with van der Waals surface area (Å²) in [6.45, 7) is 1.83. The Labute approximate surface area is 190 Å². The standard InChI is InChI=1S/C22H28O9S/c1-17-9-11-18(12-10-17)32(26)31-16-8-6-14-22(19(23)27-2,20(24)28-3)13-5-7-15-30-21(25)29-4/h5-12H,13-16H2,1-4H3/b7-5-,8-6+. The minimum Gasteiger partial charge on any atom is -0.468 e. The monoisotopic (exact) mass is 468 g/mol. The zero-order valence-electron chi connectivity index (χ0n) is 18.5. The molecule has 1 aromatic carbocycles. The molecule has 10 heteroatoms. The first kappa shape index (κ1) is 27.1. The molecule has 1 atom stereocenters. The lowest BCUT2D eigenvalue weighted by molar-refractivity contribution is -0.168. The highest BCUT2D eigenvalue weighted by Crippen LogP contribution is 2.31. The summed E-state index contributed by atoms with van der Waals surface area (Å²) in [7, 11) is 3.52. The quantitative estimate of drug-likeness (QED) is 0.198. The fourth-order valence-electron chi connectivity index (χ4n) is 2.59. The van der Waals surface area contributed by atoms with Crippen molar-refractivity contribution in [1.29, 1.82) is 0 Å². The highest BCUT2D eigenvalue weighted by atomic mass is 32.2. The van der Waals surface area contributed by atoms with Crippen LogP contribution in [-0.2, 0) is 43.8 Å². The second kappa shape index (κ2) is 14.2. The molecule has 0 aliphatic carbocycles. The van der Waals surface area contributed by atoms with Gasteiger partial charge in [0.2, 0.25) is 0 Å². The third kappa shape index (κ3) is 8.27. The van der Waals surface area contributed by atoms with E-state index >= 15 is 0 Å². The Morgan fingerprint density at radius 2 is 1.38 bits per heavy atom. The van der Waals surface area contributed by atoms with E-state index < -0.39 is 34.6 Å². The van der Waals surface area contributed by atoms with Crippen LogP contribution in [0.5, 0.6) is 0 Å². The van der Waals surface area contributed by atoms with Gasteiger partial charge in [0.05, 0.1) is 32.8 Å². The lowest BCUT2D eigenvalue weighted by atomic mass is 9.80. The molecular weight excluding hydrogens is 440 g/mol. The maximum absolute atomic E-state index is 12.5. The van der Waals surface area contributed by atoms with Gasteiger partial charge in [-0.15, -0.1) is 0 Å². The zero-order chi connectivity index (χ0) is 24.0. The first-order valence-corrected chi connectivity index (χ1v) is 10.7. The second-order valence-electron chi connectivity index (χ2n) is 6.51. The van der Waals surface area contributed by atoms with E-state index in [9.17, 15) is 18.6 Å². The summed E-state index contributed by atoms with van der Waals surface area (Å²) >= 11 is -1.65. The Morgan fingerprint density at radius 1 is 0.844 bits per heavy atom. The molecule has 0 spiro atoms. The van der Waals surface area contributed by atoms with E-state index in [1.807, 2.05) is 19.1 Å². The Bertz CT molecular complexity index is 827. The lowest BCUT2D eigenvalue weighted by Crippen LogP contribution is -2.40. The Kier molecular flexibility index (Phi) is 12.0. The van der Waals surface area contributed by atoms with Crippen molar-refractivity contribution in [3.05, 3.63) is 54.1 Å².